The molecular weight excluding hydrogens is 226 g/mol. The Morgan fingerprint density at radius 2 is 2.31 bits per heavy atom. The molecule has 3 nitrogen and oxygen atoms in total. The van der Waals surface area contributed by atoms with Crippen LogP contribution in [0.5, 0.6) is 0 Å². The highest BCUT2D eigenvalue weighted by atomic mass is 35.5. The molecule has 1 atom stereocenters. The van der Waals surface area contributed by atoms with Crippen LogP contribution in [0.25, 0.3) is 0 Å². The maximum Gasteiger partial charge on any atom is 0.243 e. The van der Waals surface area contributed by atoms with Crippen molar-refractivity contribution in [2.45, 2.75) is 33.1 Å². The Balaban J connectivity index is 2.95. The first-order chi connectivity index (χ1) is 7.61. The average molecular weight is 246 g/mol. The third-order valence-electron chi connectivity index (χ3n) is 3.06. The molecule has 1 unspecified atom stereocenters. The van der Waals surface area contributed by atoms with E-state index < -0.39 is 0 Å². The van der Waals surface area contributed by atoms with Gasteiger partial charge in [-0.15, -0.1) is 11.6 Å². The summed E-state index contributed by atoms with van der Waals surface area (Å²) in [5, 5.41) is 0. The summed E-state index contributed by atoms with van der Waals surface area (Å²) in [4.78, 5) is 13.5. The first kappa shape index (κ1) is 13.5. The van der Waals surface area contributed by atoms with Gasteiger partial charge in [0.15, 0.2) is 0 Å². The number of carbonyl (C=O) groups excluding carboxylic acids is 1. The Labute approximate surface area is 102 Å². The van der Waals surface area contributed by atoms with Gasteiger partial charge in [0.25, 0.3) is 0 Å². The van der Waals surface area contributed by atoms with E-state index in [-0.39, 0.29) is 11.8 Å². The highest BCUT2D eigenvalue weighted by Crippen LogP contribution is 2.32. The molecule has 4 heteroatoms. The molecule has 0 fully saturated rings. The number of hydrogen-bond donors (Lipinski definition) is 0. The van der Waals surface area contributed by atoms with Crippen molar-refractivity contribution in [3.05, 3.63) is 11.3 Å². The summed E-state index contributed by atoms with van der Waals surface area (Å²) in [7, 11) is 1.60. The highest BCUT2D eigenvalue weighted by Gasteiger charge is 2.26. The second kappa shape index (κ2) is 6.26. The van der Waals surface area contributed by atoms with Crippen molar-refractivity contribution in [1.29, 1.82) is 0 Å². The predicted octanol–water partition coefficient (Wildman–Crippen LogP) is 2.75. The number of ether oxygens (including phenoxy) is 1. The van der Waals surface area contributed by atoms with E-state index in [0.29, 0.717) is 12.6 Å². The van der Waals surface area contributed by atoms with Crippen LogP contribution in [0.4, 0.5) is 0 Å². The molecule has 0 aromatic carbocycles. The lowest BCUT2D eigenvalue weighted by atomic mass is 9.88. The first-order valence-corrected chi connectivity index (χ1v) is 6.20. The molecule has 0 heterocycles. The maximum absolute atomic E-state index is 11.8. The molecule has 1 aliphatic rings. The molecule has 0 saturated heterocycles. The quantitative estimate of drug-likeness (QED) is 0.563. The van der Waals surface area contributed by atoms with Gasteiger partial charge in [0, 0.05) is 12.8 Å². The molecule has 0 aliphatic heterocycles. The topological polar surface area (TPSA) is 29.5 Å². The summed E-state index contributed by atoms with van der Waals surface area (Å²) >= 11 is 5.63. The van der Waals surface area contributed by atoms with Gasteiger partial charge in [0.2, 0.25) is 5.91 Å². The van der Waals surface area contributed by atoms with Crippen LogP contribution in [0.15, 0.2) is 11.3 Å². The average Bonchev–Trinajstić information content (AvgIpc) is 2.26. The number of halogens is 1. The van der Waals surface area contributed by atoms with Crippen LogP contribution < -0.4 is 0 Å². The van der Waals surface area contributed by atoms with E-state index in [9.17, 15) is 4.79 Å². The van der Waals surface area contributed by atoms with Crippen LogP contribution in [0.3, 0.4) is 0 Å². The van der Waals surface area contributed by atoms with E-state index in [1.54, 1.807) is 12.0 Å². The van der Waals surface area contributed by atoms with Gasteiger partial charge < -0.3 is 4.74 Å². The minimum Gasteiger partial charge on any atom is -0.364 e. The number of amides is 1. The lowest BCUT2D eigenvalue weighted by Gasteiger charge is -2.33. The van der Waals surface area contributed by atoms with E-state index in [1.165, 1.54) is 12.0 Å². The molecule has 1 aliphatic carbocycles. The zero-order valence-corrected chi connectivity index (χ0v) is 11.0. The van der Waals surface area contributed by atoms with Crippen molar-refractivity contribution in [1.82, 2.24) is 4.90 Å². The number of alkyl halides is 1. The summed E-state index contributed by atoms with van der Waals surface area (Å²) < 4.78 is 5.09. The standard InChI is InChI=1S/C12H20ClNO2/c1-9-5-4-6-10(2)12(9)14(8-16-3)11(15)7-13/h9H,4-8H2,1-3H3. The Morgan fingerprint density at radius 1 is 1.62 bits per heavy atom. The number of nitrogens with zero attached hydrogens (tertiary/aromatic N) is 1. The zero-order valence-electron chi connectivity index (χ0n) is 10.3. The fourth-order valence-electron chi connectivity index (χ4n) is 2.33. The van der Waals surface area contributed by atoms with Gasteiger partial charge in [-0.2, -0.15) is 0 Å². The van der Waals surface area contributed by atoms with Crippen molar-refractivity contribution in [3.8, 4) is 0 Å². The minimum atomic E-state index is -0.0772. The monoisotopic (exact) mass is 245 g/mol. The van der Waals surface area contributed by atoms with E-state index in [2.05, 4.69) is 13.8 Å². The summed E-state index contributed by atoms with van der Waals surface area (Å²) in [6, 6.07) is 0. The normalized spacial score (nSPS) is 21.1. The lowest BCUT2D eigenvalue weighted by molar-refractivity contribution is -0.131. The number of carbonyl (C=O) groups is 1. The van der Waals surface area contributed by atoms with Crippen molar-refractivity contribution in [2.24, 2.45) is 5.92 Å². The number of allylic oxidation sites excluding steroid dienone is 2. The summed E-state index contributed by atoms with van der Waals surface area (Å²) in [6.07, 6.45) is 3.39. The molecular formula is C12H20ClNO2. The van der Waals surface area contributed by atoms with Gasteiger partial charge in [-0.25, -0.2) is 0 Å². The summed E-state index contributed by atoms with van der Waals surface area (Å²) in [5.41, 5.74) is 2.40. The molecule has 0 radical (unpaired) electrons. The van der Waals surface area contributed by atoms with Crippen LogP contribution in [-0.2, 0) is 9.53 Å². The van der Waals surface area contributed by atoms with Gasteiger partial charge in [-0.05, 0) is 32.1 Å². The molecule has 92 valence electrons. The van der Waals surface area contributed by atoms with Crippen LogP contribution >= 0.6 is 11.6 Å². The molecule has 16 heavy (non-hydrogen) atoms. The van der Waals surface area contributed by atoms with E-state index >= 15 is 0 Å². The van der Waals surface area contributed by atoms with Gasteiger partial charge in [-0.1, -0.05) is 12.5 Å². The Morgan fingerprint density at radius 3 is 2.81 bits per heavy atom. The van der Waals surface area contributed by atoms with Crippen molar-refractivity contribution in [3.63, 3.8) is 0 Å². The first-order valence-electron chi connectivity index (χ1n) is 5.66. The van der Waals surface area contributed by atoms with Crippen LogP contribution in [-0.4, -0.2) is 30.5 Å². The lowest BCUT2D eigenvalue weighted by Crippen LogP contribution is -2.37. The fourth-order valence-corrected chi connectivity index (χ4v) is 2.48. The van der Waals surface area contributed by atoms with Gasteiger partial charge in [0.05, 0.1) is 0 Å². The SMILES string of the molecule is COCN(C(=O)CCl)C1=C(C)CCCC1C. The highest BCUT2D eigenvalue weighted by molar-refractivity contribution is 6.27. The van der Waals surface area contributed by atoms with Crippen molar-refractivity contribution >= 4 is 17.5 Å². The van der Waals surface area contributed by atoms with Crippen LogP contribution in [0.2, 0.25) is 0 Å². The molecule has 1 rings (SSSR count). The molecule has 0 saturated carbocycles. The van der Waals surface area contributed by atoms with E-state index in [1.807, 2.05) is 0 Å². The molecule has 0 aromatic heterocycles. The Bertz CT molecular complexity index is 289. The second-order valence-corrected chi connectivity index (χ2v) is 4.60. The van der Waals surface area contributed by atoms with Gasteiger partial charge in [-0.3, -0.25) is 9.69 Å². The second-order valence-electron chi connectivity index (χ2n) is 4.33. The summed E-state index contributed by atoms with van der Waals surface area (Å²) in [5.74, 6) is 0.343. The number of methoxy groups -OCH3 is 1. The van der Waals surface area contributed by atoms with Gasteiger partial charge in [0.1, 0.15) is 12.6 Å². The summed E-state index contributed by atoms with van der Waals surface area (Å²) in [6.45, 7) is 4.54. The number of rotatable bonds is 4. The maximum atomic E-state index is 11.8. The molecule has 0 aromatic rings. The third kappa shape index (κ3) is 2.98. The van der Waals surface area contributed by atoms with E-state index in [4.69, 9.17) is 16.3 Å². The van der Waals surface area contributed by atoms with E-state index in [0.717, 1.165) is 18.5 Å². The van der Waals surface area contributed by atoms with Crippen LogP contribution in [0, 0.1) is 5.92 Å². The van der Waals surface area contributed by atoms with Crippen LogP contribution in [0.1, 0.15) is 33.1 Å². The Hall–Kier alpha value is -0.540. The molecule has 0 spiro atoms. The number of hydrogen-bond acceptors (Lipinski definition) is 2. The zero-order chi connectivity index (χ0) is 12.1. The minimum absolute atomic E-state index is 0.00681. The third-order valence-corrected chi connectivity index (χ3v) is 3.29. The Kier molecular flexibility index (Phi) is 5.29. The molecule has 1 amide bonds. The van der Waals surface area contributed by atoms with Crippen molar-refractivity contribution < 1.29 is 9.53 Å². The largest absolute Gasteiger partial charge is 0.364 e. The van der Waals surface area contributed by atoms with Crippen molar-refractivity contribution in [2.75, 3.05) is 19.7 Å². The van der Waals surface area contributed by atoms with Gasteiger partial charge >= 0.3 is 0 Å². The fraction of sp³-hybridized carbons (Fsp3) is 0.750. The smallest absolute Gasteiger partial charge is 0.243 e. The molecule has 0 N–H and O–H groups in total. The predicted molar refractivity (Wildman–Crippen MR) is 65.2 cm³/mol. The molecule has 0 bridgehead atoms.